The molecule has 1 aliphatic rings. The van der Waals surface area contributed by atoms with Crippen LogP contribution in [0.2, 0.25) is 18.1 Å². The van der Waals surface area contributed by atoms with E-state index in [1.807, 2.05) is 31.7 Å². The summed E-state index contributed by atoms with van der Waals surface area (Å²) in [6.45, 7) is 13.2. The first-order valence-electron chi connectivity index (χ1n) is 12.1. The number of anilines is 1. The van der Waals surface area contributed by atoms with E-state index in [2.05, 4.69) is 49.4 Å². The summed E-state index contributed by atoms with van der Waals surface area (Å²) < 4.78 is 9.85. The lowest BCUT2D eigenvalue weighted by molar-refractivity contribution is 0.262. The van der Waals surface area contributed by atoms with E-state index in [0.29, 0.717) is 17.8 Å². The average molecular weight is 470 g/mol. The van der Waals surface area contributed by atoms with Crippen molar-refractivity contribution in [3.63, 3.8) is 0 Å². The Morgan fingerprint density at radius 3 is 2.70 bits per heavy atom. The van der Waals surface area contributed by atoms with E-state index in [4.69, 9.17) is 15.1 Å². The van der Waals surface area contributed by atoms with Crippen LogP contribution in [0.5, 0.6) is 0 Å². The summed E-state index contributed by atoms with van der Waals surface area (Å²) in [5.74, 6) is 1.02. The zero-order valence-corrected chi connectivity index (χ0v) is 21.9. The van der Waals surface area contributed by atoms with Crippen LogP contribution < -0.4 is 11.1 Å². The van der Waals surface area contributed by atoms with Crippen molar-refractivity contribution in [1.29, 1.82) is 0 Å². The topological polar surface area (TPSA) is 95.3 Å². The first-order chi connectivity index (χ1) is 15.5. The van der Waals surface area contributed by atoms with Gasteiger partial charge >= 0.3 is 0 Å². The molecule has 3 aromatic rings. The molecule has 3 aromatic heterocycles. The standard InChI is InChI=1S/C24H39N7OSi/c1-24(2,3)33(5,6)32-11-10-26-19-9-7-8-17(12-19)21-13-22(25)31-23(29-21)20(15-28-31)18-14-27-30(4)16-18/h13-17,19,26H,7-12,25H2,1-6H3/t17?,19-/m1/s1. The monoisotopic (exact) mass is 469 g/mol. The minimum atomic E-state index is -1.69. The molecule has 1 saturated carbocycles. The fourth-order valence-electron chi connectivity index (χ4n) is 4.41. The lowest BCUT2D eigenvalue weighted by Gasteiger charge is -2.36. The second-order valence-electron chi connectivity index (χ2n) is 10.9. The molecule has 0 spiro atoms. The molecule has 8 nitrogen and oxygen atoms in total. The summed E-state index contributed by atoms with van der Waals surface area (Å²) in [7, 11) is 0.218. The molecule has 4 rings (SSSR count). The van der Waals surface area contributed by atoms with Crippen LogP contribution in [-0.2, 0) is 11.5 Å². The Morgan fingerprint density at radius 2 is 2.00 bits per heavy atom. The van der Waals surface area contributed by atoms with Crippen molar-refractivity contribution in [3.8, 4) is 11.1 Å². The number of hydrogen-bond acceptors (Lipinski definition) is 6. The van der Waals surface area contributed by atoms with Crippen LogP contribution in [0.25, 0.3) is 16.8 Å². The third-order valence-corrected chi connectivity index (χ3v) is 12.0. The van der Waals surface area contributed by atoms with E-state index in [1.54, 1.807) is 9.20 Å². The molecule has 9 heteroatoms. The molecule has 2 atom stereocenters. The van der Waals surface area contributed by atoms with Crippen LogP contribution in [0.3, 0.4) is 0 Å². The van der Waals surface area contributed by atoms with Gasteiger partial charge in [-0.2, -0.15) is 14.7 Å². The van der Waals surface area contributed by atoms with Gasteiger partial charge in [-0.25, -0.2) is 4.98 Å². The normalized spacial score (nSPS) is 19.9. The van der Waals surface area contributed by atoms with Gasteiger partial charge in [0.1, 0.15) is 5.82 Å². The van der Waals surface area contributed by atoms with E-state index in [-0.39, 0.29) is 5.04 Å². The molecule has 0 radical (unpaired) electrons. The van der Waals surface area contributed by atoms with Gasteiger partial charge in [0.2, 0.25) is 0 Å². The Labute approximate surface area is 198 Å². The van der Waals surface area contributed by atoms with Crippen LogP contribution in [-0.4, -0.2) is 51.9 Å². The number of aromatic nitrogens is 5. The minimum absolute atomic E-state index is 0.246. The van der Waals surface area contributed by atoms with Gasteiger partial charge in [0.15, 0.2) is 14.0 Å². The van der Waals surface area contributed by atoms with E-state index in [1.165, 1.54) is 12.8 Å². The average Bonchev–Trinajstić information content (AvgIpc) is 3.37. The van der Waals surface area contributed by atoms with Gasteiger partial charge in [-0.05, 0) is 37.4 Å². The largest absolute Gasteiger partial charge is 0.416 e. The molecule has 1 unspecified atom stereocenters. The van der Waals surface area contributed by atoms with Gasteiger partial charge in [0.25, 0.3) is 0 Å². The van der Waals surface area contributed by atoms with Gasteiger partial charge in [-0.1, -0.05) is 27.2 Å². The van der Waals surface area contributed by atoms with Crippen LogP contribution in [0, 0.1) is 0 Å². The fourth-order valence-corrected chi connectivity index (χ4v) is 5.45. The van der Waals surface area contributed by atoms with E-state index < -0.39 is 8.32 Å². The van der Waals surface area contributed by atoms with Gasteiger partial charge in [0.05, 0.1) is 12.4 Å². The summed E-state index contributed by atoms with van der Waals surface area (Å²) in [5.41, 5.74) is 10.2. The molecule has 1 fully saturated rings. The number of nitrogen functional groups attached to an aromatic ring is 1. The molecular formula is C24H39N7OSi. The second-order valence-corrected chi connectivity index (χ2v) is 15.7. The van der Waals surface area contributed by atoms with Gasteiger partial charge in [0, 0.05) is 61.2 Å². The van der Waals surface area contributed by atoms with Crippen molar-refractivity contribution in [2.75, 3.05) is 18.9 Å². The van der Waals surface area contributed by atoms with Crippen LogP contribution in [0.15, 0.2) is 24.7 Å². The van der Waals surface area contributed by atoms with Gasteiger partial charge < -0.3 is 15.5 Å². The molecule has 3 heterocycles. The molecule has 1 aliphatic carbocycles. The molecular weight excluding hydrogens is 430 g/mol. The third kappa shape index (κ3) is 5.15. The van der Waals surface area contributed by atoms with Crippen LogP contribution in [0.1, 0.15) is 58.1 Å². The number of rotatable bonds is 7. The van der Waals surface area contributed by atoms with E-state index in [0.717, 1.165) is 48.5 Å². The summed E-state index contributed by atoms with van der Waals surface area (Å²) in [4.78, 5) is 5.03. The summed E-state index contributed by atoms with van der Waals surface area (Å²) in [5, 5.41) is 12.7. The highest BCUT2D eigenvalue weighted by atomic mass is 28.4. The Bertz CT molecular complexity index is 1100. The zero-order valence-electron chi connectivity index (χ0n) is 20.9. The second kappa shape index (κ2) is 9.19. The summed E-state index contributed by atoms with van der Waals surface area (Å²) in [6, 6.07) is 2.48. The number of nitrogens with zero attached hydrogens (tertiary/aromatic N) is 5. The minimum Gasteiger partial charge on any atom is -0.416 e. The lowest BCUT2D eigenvalue weighted by Crippen LogP contribution is -2.43. The molecule has 0 saturated heterocycles. The van der Waals surface area contributed by atoms with Crippen molar-refractivity contribution in [2.45, 2.75) is 76.5 Å². The molecule has 0 aliphatic heterocycles. The Balaban J connectivity index is 1.43. The first kappa shape index (κ1) is 23.9. The fraction of sp³-hybridized carbons (Fsp3) is 0.625. The van der Waals surface area contributed by atoms with Crippen molar-refractivity contribution >= 4 is 19.8 Å². The summed E-state index contributed by atoms with van der Waals surface area (Å²) in [6.07, 6.45) is 10.2. The predicted molar refractivity (Wildman–Crippen MR) is 136 cm³/mol. The number of hydrogen-bond donors (Lipinski definition) is 2. The smallest absolute Gasteiger partial charge is 0.192 e. The maximum atomic E-state index is 6.38. The highest BCUT2D eigenvalue weighted by molar-refractivity contribution is 6.74. The van der Waals surface area contributed by atoms with Crippen molar-refractivity contribution in [3.05, 3.63) is 30.4 Å². The number of nitrogens with two attached hydrogens (primary N) is 1. The molecule has 0 amide bonds. The summed E-state index contributed by atoms with van der Waals surface area (Å²) >= 11 is 0. The molecule has 33 heavy (non-hydrogen) atoms. The Morgan fingerprint density at radius 1 is 1.21 bits per heavy atom. The Kier molecular flexibility index (Phi) is 6.66. The molecule has 3 N–H and O–H groups in total. The highest BCUT2D eigenvalue weighted by Gasteiger charge is 2.37. The SMILES string of the molecule is Cn1cc(-c2cnn3c(N)cc(C4CCC[C@@H](NCCO[Si](C)(C)C(C)(C)C)C4)nc23)cn1. The predicted octanol–water partition coefficient (Wildman–Crippen LogP) is 4.35. The number of nitrogens with one attached hydrogen (secondary N) is 1. The number of fused-ring (bicyclic) bond motifs is 1. The molecule has 0 aromatic carbocycles. The molecule has 180 valence electrons. The zero-order chi connectivity index (χ0) is 23.8. The Hall–Kier alpha value is -2.23. The maximum absolute atomic E-state index is 6.38. The van der Waals surface area contributed by atoms with Crippen molar-refractivity contribution < 1.29 is 4.43 Å². The highest BCUT2D eigenvalue weighted by Crippen LogP contribution is 2.37. The van der Waals surface area contributed by atoms with Crippen LogP contribution in [0.4, 0.5) is 5.82 Å². The van der Waals surface area contributed by atoms with Gasteiger partial charge in [-0.15, -0.1) is 0 Å². The van der Waals surface area contributed by atoms with E-state index in [9.17, 15) is 0 Å². The number of aryl methyl sites for hydroxylation is 1. The third-order valence-electron chi connectivity index (χ3n) is 7.43. The van der Waals surface area contributed by atoms with Gasteiger partial charge in [-0.3, -0.25) is 4.68 Å². The quantitative estimate of drug-likeness (QED) is 0.395. The van der Waals surface area contributed by atoms with Crippen molar-refractivity contribution in [1.82, 2.24) is 29.7 Å². The van der Waals surface area contributed by atoms with E-state index >= 15 is 0 Å². The maximum Gasteiger partial charge on any atom is 0.192 e. The molecule has 0 bridgehead atoms. The van der Waals surface area contributed by atoms with Crippen LogP contribution >= 0.6 is 0 Å². The first-order valence-corrected chi connectivity index (χ1v) is 15.0. The van der Waals surface area contributed by atoms with Crippen molar-refractivity contribution in [2.24, 2.45) is 7.05 Å². The lowest BCUT2D eigenvalue weighted by atomic mass is 9.83.